The van der Waals surface area contributed by atoms with Crippen molar-refractivity contribution in [2.45, 2.75) is 95.9 Å². The quantitative estimate of drug-likeness (QED) is 0.234. The molecule has 5 atom stereocenters. The minimum absolute atomic E-state index is 0.0452. The highest BCUT2D eigenvalue weighted by Gasteiger charge is 2.32. The third kappa shape index (κ3) is 10.0. The summed E-state index contributed by atoms with van der Waals surface area (Å²) in [4.78, 5) is 11.1. The molecule has 1 saturated carbocycles. The maximum Gasteiger partial charge on any atom is 0.332 e. The van der Waals surface area contributed by atoms with E-state index in [4.69, 9.17) is 14.9 Å². The van der Waals surface area contributed by atoms with Crippen molar-refractivity contribution in [3.63, 3.8) is 0 Å². The molecule has 1 aliphatic carbocycles. The molecule has 0 bridgehead atoms. The van der Waals surface area contributed by atoms with E-state index in [-0.39, 0.29) is 25.2 Å². The van der Waals surface area contributed by atoms with Gasteiger partial charge in [-0.05, 0) is 43.9 Å². The van der Waals surface area contributed by atoms with Crippen molar-refractivity contribution in [2.24, 2.45) is 11.8 Å². The van der Waals surface area contributed by atoms with Crippen LogP contribution < -0.4 is 0 Å². The van der Waals surface area contributed by atoms with Gasteiger partial charge >= 0.3 is 5.97 Å². The van der Waals surface area contributed by atoms with Crippen LogP contribution in [0.25, 0.3) is 0 Å². The van der Waals surface area contributed by atoms with Crippen LogP contribution in [0.15, 0.2) is 12.2 Å². The summed E-state index contributed by atoms with van der Waals surface area (Å²) in [5, 5.41) is 38.2. The maximum absolute atomic E-state index is 11.1. The number of hydrogen-bond acceptors (Lipinski definition) is 5. The van der Waals surface area contributed by atoms with E-state index in [0.29, 0.717) is 12.3 Å². The lowest BCUT2D eigenvalue weighted by atomic mass is 9.88. The molecular formula is C22H40O6. The molecule has 0 saturated heterocycles. The number of aliphatic hydroxyl groups excluding tert-OH is 3. The molecule has 4 N–H and O–H groups in total. The molecule has 0 spiro atoms. The molecule has 0 aromatic carbocycles. The monoisotopic (exact) mass is 400 g/mol. The van der Waals surface area contributed by atoms with Gasteiger partial charge in [0, 0.05) is 0 Å². The lowest BCUT2D eigenvalue weighted by molar-refractivity contribution is -0.151. The summed E-state index contributed by atoms with van der Waals surface area (Å²) in [6.07, 6.45) is 12.3. The maximum atomic E-state index is 11.1. The third-order valence-electron chi connectivity index (χ3n) is 5.71. The summed E-state index contributed by atoms with van der Waals surface area (Å²) >= 11 is 0. The SMILES string of the molecule is CCCCCC(O)C=C[C@H]1CC[C@H](O)[C@@H]1CCCCCC(OCCO)C(=O)O. The highest BCUT2D eigenvalue weighted by molar-refractivity contribution is 5.72. The van der Waals surface area contributed by atoms with Crippen molar-refractivity contribution in [1.82, 2.24) is 0 Å². The van der Waals surface area contributed by atoms with Crippen molar-refractivity contribution >= 4 is 5.97 Å². The zero-order valence-electron chi connectivity index (χ0n) is 17.3. The highest BCUT2D eigenvalue weighted by Crippen LogP contribution is 2.37. The number of carboxylic acid groups (broad SMARTS) is 1. The Hall–Kier alpha value is -0.950. The molecule has 1 fully saturated rings. The number of allylic oxidation sites excluding steroid dienone is 1. The Morgan fingerprint density at radius 3 is 2.57 bits per heavy atom. The molecular weight excluding hydrogens is 360 g/mol. The van der Waals surface area contributed by atoms with Crippen LogP contribution in [0, 0.1) is 11.8 Å². The lowest BCUT2D eigenvalue weighted by Gasteiger charge is -2.20. The second-order valence-electron chi connectivity index (χ2n) is 7.98. The van der Waals surface area contributed by atoms with Gasteiger partial charge in [-0.15, -0.1) is 0 Å². The second-order valence-corrected chi connectivity index (χ2v) is 7.98. The van der Waals surface area contributed by atoms with Gasteiger partial charge in [0.15, 0.2) is 6.10 Å². The molecule has 1 aliphatic rings. The predicted molar refractivity (Wildman–Crippen MR) is 109 cm³/mol. The summed E-state index contributed by atoms with van der Waals surface area (Å²) in [6.45, 7) is 2.02. The zero-order chi connectivity index (χ0) is 20.8. The topological polar surface area (TPSA) is 107 Å². The molecule has 1 rings (SSSR count). The second kappa shape index (κ2) is 15.0. The van der Waals surface area contributed by atoms with Gasteiger partial charge in [0.2, 0.25) is 0 Å². The minimum atomic E-state index is -0.984. The molecule has 2 unspecified atom stereocenters. The van der Waals surface area contributed by atoms with Gasteiger partial charge in [0.1, 0.15) is 0 Å². The summed E-state index contributed by atoms with van der Waals surface area (Å²) < 4.78 is 5.13. The number of aliphatic hydroxyl groups is 3. The number of unbranched alkanes of at least 4 members (excludes halogenated alkanes) is 4. The van der Waals surface area contributed by atoms with Crippen LogP contribution in [0.5, 0.6) is 0 Å². The fourth-order valence-electron chi connectivity index (χ4n) is 4.05. The number of aliphatic carboxylic acids is 1. The molecule has 0 aromatic heterocycles. The number of carboxylic acids is 1. The Labute approximate surface area is 169 Å². The molecule has 0 aliphatic heterocycles. The van der Waals surface area contributed by atoms with Gasteiger partial charge in [-0.3, -0.25) is 0 Å². The molecule has 28 heavy (non-hydrogen) atoms. The van der Waals surface area contributed by atoms with E-state index in [2.05, 4.69) is 13.0 Å². The number of ether oxygens (including phenoxy) is 1. The molecule has 164 valence electrons. The first kappa shape index (κ1) is 25.1. The van der Waals surface area contributed by atoms with Crippen LogP contribution >= 0.6 is 0 Å². The van der Waals surface area contributed by atoms with E-state index < -0.39 is 18.2 Å². The zero-order valence-corrected chi connectivity index (χ0v) is 17.3. The van der Waals surface area contributed by atoms with E-state index in [0.717, 1.165) is 64.2 Å². The number of hydrogen-bond donors (Lipinski definition) is 4. The van der Waals surface area contributed by atoms with Crippen LogP contribution in [0.2, 0.25) is 0 Å². The standard InChI is InChI=1S/C22H40O6/c1-2-3-5-8-18(24)13-11-17-12-14-20(25)19(17)9-6-4-7-10-21(22(26)27)28-16-15-23/h11,13,17-21,23-25H,2-10,12,14-16H2,1H3,(H,26,27)/t17-,18?,19+,20-,21?/m0/s1. The number of rotatable bonds is 16. The van der Waals surface area contributed by atoms with Gasteiger partial charge < -0.3 is 25.2 Å². The molecule has 0 aromatic rings. The molecule has 6 heteroatoms. The Bertz CT molecular complexity index is 439. The van der Waals surface area contributed by atoms with Gasteiger partial charge in [0.05, 0.1) is 25.4 Å². The van der Waals surface area contributed by atoms with Crippen LogP contribution in [-0.4, -0.2) is 57.9 Å². The van der Waals surface area contributed by atoms with Crippen molar-refractivity contribution in [2.75, 3.05) is 13.2 Å². The van der Waals surface area contributed by atoms with E-state index >= 15 is 0 Å². The van der Waals surface area contributed by atoms with Crippen LogP contribution in [0.3, 0.4) is 0 Å². The molecule has 0 amide bonds. The lowest BCUT2D eigenvalue weighted by Crippen LogP contribution is -2.25. The van der Waals surface area contributed by atoms with Crippen molar-refractivity contribution in [3.05, 3.63) is 12.2 Å². The van der Waals surface area contributed by atoms with Gasteiger partial charge in [-0.25, -0.2) is 4.79 Å². The normalized spacial score (nSPS) is 24.6. The van der Waals surface area contributed by atoms with Gasteiger partial charge in [-0.1, -0.05) is 57.6 Å². The van der Waals surface area contributed by atoms with Gasteiger partial charge in [-0.2, -0.15) is 0 Å². The fourth-order valence-corrected chi connectivity index (χ4v) is 4.05. The molecule has 0 radical (unpaired) electrons. The minimum Gasteiger partial charge on any atom is -0.479 e. The van der Waals surface area contributed by atoms with Crippen LogP contribution in [0.4, 0.5) is 0 Å². The van der Waals surface area contributed by atoms with E-state index in [9.17, 15) is 15.0 Å². The van der Waals surface area contributed by atoms with E-state index in [1.807, 2.05) is 6.08 Å². The summed E-state index contributed by atoms with van der Waals surface area (Å²) in [6, 6.07) is 0. The highest BCUT2D eigenvalue weighted by atomic mass is 16.5. The average molecular weight is 401 g/mol. The summed E-state index contributed by atoms with van der Waals surface area (Å²) in [7, 11) is 0. The Morgan fingerprint density at radius 2 is 1.89 bits per heavy atom. The Morgan fingerprint density at radius 1 is 1.14 bits per heavy atom. The van der Waals surface area contributed by atoms with Crippen LogP contribution in [-0.2, 0) is 9.53 Å². The summed E-state index contributed by atoms with van der Waals surface area (Å²) in [5.74, 6) is -0.446. The van der Waals surface area contributed by atoms with Crippen molar-refractivity contribution < 1.29 is 30.0 Å². The predicted octanol–water partition coefficient (Wildman–Crippen LogP) is 3.28. The Kier molecular flexibility index (Phi) is 13.4. The van der Waals surface area contributed by atoms with E-state index in [1.54, 1.807) is 0 Å². The number of carbonyl (C=O) groups is 1. The van der Waals surface area contributed by atoms with Crippen molar-refractivity contribution in [3.8, 4) is 0 Å². The first-order valence-electron chi connectivity index (χ1n) is 11.0. The molecule has 6 nitrogen and oxygen atoms in total. The fraction of sp³-hybridized carbons (Fsp3) is 0.864. The van der Waals surface area contributed by atoms with E-state index in [1.165, 1.54) is 0 Å². The molecule has 0 heterocycles. The smallest absolute Gasteiger partial charge is 0.332 e. The Balaban J connectivity index is 2.31. The summed E-state index contributed by atoms with van der Waals surface area (Å²) in [5.41, 5.74) is 0. The average Bonchev–Trinajstić information content (AvgIpc) is 3.02. The third-order valence-corrected chi connectivity index (χ3v) is 5.71. The first-order chi connectivity index (χ1) is 13.5. The van der Waals surface area contributed by atoms with Gasteiger partial charge in [0.25, 0.3) is 0 Å². The first-order valence-corrected chi connectivity index (χ1v) is 11.0. The largest absolute Gasteiger partial charge is 0.479 e. The van der Waals surface area contributed by atoms with Crippen molar-refractivity contribution in [1.29, 1.82) is 0 Å². The van der Waals surface area contributed by atoms with Crippen LogP contribution in [0.1, 0.15) is 77.6 Å².